The van der Waals surface area contributed by atoms with Crippen LogP contribution >= 0.6 is 12.2 Å². The van der Waals surface area contributed by atoms with Gasteiger partial charge in [0, 0.05) is 6.20 Å². The zero-order valence-electron chi connectivity index (χ0n) is 6.80. The van der Waals surface area contributed by atoms with Gasteiger partial charge in [-0.25, -0.2) is 4.98 Å². The number of hydrogen-bond donors (Lipinski definition) is 2. The van der Waals surface area contributed by atoms with Crippen LogP contribution in [0.25, 0.3) is 0 Å². The molecule has 0 bridgehead atoms. The smallest absolute Gasteiger partial charge is 0.317 e. The van der Waals surface area contributed by atoms with Crippen LogP contribution in [0.3, 0.4) is 0 Å². The number of rotatable bonds is 4. The van der Waals surface area contributed by atoms with Crippen molar-refractivity contribution in [3.05, 3.63) is 18.0 Å². The molecule has 0 radical (unpaired) electrons. The monoisotopic (exact) mass is 199 g/mol. The van der Waals surface area contributed by atoms with Gasteiger partial charge in [-0.2, -0.15) is 4.98 Å². The lowest BCUT2D eigenvalue weighted by Crippen LogP contribution is -2.13. The van der Waals surface area contributed by atoms with Gasteiger partial charge in [0.2, 0.25) is 0 Å². The van der Waals surface area contributed by atoms with Gasteiger partial charge in [-0.1, -0.05) is 12.2 Å². The van der Waals surface area contributed by atoms with Crippen molar-refractivity contribution in [3.63, 3.8) is 0 Å². The predicted octanol–water partition coefficient (Wildman–Crippen LogP) is -0.518. The number of nitrogens with zero attached hydrogens (tertiary/aromatic N) is 2. The summed E-state index contributed by atoms with van der Waals surface area (Å²) in [5.74, 6) is 0. The van der Waals surface area contributed by atoms with Crippen LogP contribution in [-0.2, 0) is 0 Å². The van der Waals surface area contributed by atoms with Crippen LogP contribution in [0.1, 0.15) is 5.69 Å². The predicted molar refractivity (Wildman–Crippen MR) is 50.5 cm³/mol. The van der Waals surface area contributed by atoms with Crippen molar-refractivity contribution in [3.8, 4) is 6.01 Å². The first-order valence-electron chi connectivity index (χ1n) is 3.60. The Hall–Kier alpha value is -1.27. The normalized spacial score (nSPS) is 9.62. The molecule has 1 aromatic heterocycles. The van der Waals surface area contributed by atoms with Gasteiger partial charge in [0.25, 0.3) is 0 Å². The van der Waals surface area contributed by atoms with Gasteiger partial charge in [0.1, 0.15) is 17.3 Å². The van der Waals surface area contributed by atoms with Crippen molar-refractivity contribution in [2.75, 3.05) is 13.2 Å². The third kappa shape index (κ3) is 2.92. The molecule has 1 heterocycles. The molecule has 3 N–H and O–H groups in total. The SMILES string of the molecule is NC(=S)c1ccnc(OCCO)n1. The van der Waals surface area contributed by atoms with Crippen LogP contribution < -0.4 is 10.5 Å². The Morgan fingerprint density at radius 3 is 3.08 bits per heavy atom. The maximum absolute atomic E-state index is 8.48. The van der Waals surface area contributed by atoms with Gasteiger partial charge in [-0.15, -0.1) is 0 Å². The average molecular weight is 199 g/mol. The highest BCUT2D eigenvalue weighted by Gasteiger charge is 2.01. The van der Waals surface area contributed by atoms with Crippen molar-refractivity contribution in [1.29, 1.82) is 0 Å². The molecule has 0 saturated heterocycles. The third-order valence-electron chi connectivity index (χ3n) is 1.21. The van der Waals surface area contributed by atoms with E-state index in [9.17, 15) is 0 Å². The second kappa shape index (κ2) is 4.68. The van der Waals surface area contributed by atoms with E-state index in [1.54, 1.807) is 6.07 Å². The first-order valence-corrected chi connectivity index (χ1v) is 4.01. The summed E-state index contributed by atoms with van der Waals surface area (Å²) in [6, 6.07) is 1.76. The molecule has 13 heavy (non-hydrogen) atoms. The minimum absolute atomic E-state index is 0.0827. The van der Waals surface area contributed by atoms with Crippen LogP contribution in [0.15, 0.2) is 12.3 Å². The molecular weight excluding hydrogens is 190 g/mol. The van der Waals surface area contributed by atoms with Gasteiger partial charge < -0.3 is 15.6 Å². The molecule has 0 aliphatic rings. The summed E-state index contributed by atoms with van der Waals surface area (Å²) in [5, 5.41) is 8.48. The molecule has 1 rings (SSSR count). The minimum atomic E-state index is -0.0827. The molecule has 0 unspecified atom stereocenters. The summed E-state index contributed by atoms with van der Waals surface area (Å²) >= 11 is 4.72. The van der Waals surface area contributed by atoms with E-state index < -0.39 is 0 Å². The van der Waals surface area contributed by atoms with Crippen LogP contribution in [0, 0.1) is 0 Å². The Morgan fingerprint density at radius 1 is 1.69 bits per heavy atom. The van der Waals surface area contributed by atoms with Crippen LogP contribution in [0.2, 0.25) is 0 Å². The maximum Gasteiger partial charge on any atom is 0.317 e. The Bertz CT molecular complexity index is 306. The number of aromatic nitrogens is 2. The zero-order chi connectivity index (χ0) is 9.68. The summed E-state index contributed by atoms with van der Waals surface area (Å²) in [6.07, 6.45) is 1.49. The summed E-state index contributed by atoms with van der Waals surface area (Å²) in [7, 11) is 0. The van der Waals surface area contributed by atoms with Crippen LogP contribution in [0.5, 0.6) is 6.01 Å². The fourth-order valence-corrected chi connectivity index (χ4v) is 0.798. The Labute approximate surface area is 80.6 Å². The molecule has 6 heteroatoms. The van der Waals surface area contributed by atoms with E-state index in [1.807, 2.05) is 0 Å². The molecule has 70 valence electrons. The summed E-state index contributed by atoms with van der Waals surface area (Å²) in [4.78, 5) is 7.89. The molecule has 0 aliphatic carbocycles. The largest absolute Gasteiger partial charge is 0.461 e. The van der Waals surface area contributed by atoms with E-state index in [0.717, 1.165) is 0 Å². The average Bonchev–Trinajstić information content (AvgIpc) is 2.15. The lowest BCUT2D eigenvalue weighted by Gasteiger charge is -2.02. The van der Waals surface area contributed by atoms with E-state index in [0.29, 0.717) is 5.69 Å². The van der Waals surface area contributed by atoms with Gasteiger partial charge in [0.05, 0.1) is 6.61 Å². The van der Waals surface area contributed by atoms with E-state index in [2.05, 4.69) is 9.97 Å². The maximum atomic E-state index is 8.48. The van der Waals surface area contributed by atoms with Gasteiger partial charge in [-0.3, -0.25) is 0 Å². The van der Waals surface area contributed by atoms with Crippen molar-refractivity contribution < 1.29 is 9.84 Å². The number of hydrogen-bond acceptors (Lipinski definition) is 5. The summed E-state index contributed by atoms with van der Waals surface area (Å²) in [5.41, 5.74) is 5.80. The molecule has 0 amide bonds. The Balaban J connectivity index is 2.73. The topological polar surface area (TPSA) is 81.3 Å². The first kappa shape index (κ1) is 9.82. The fourth-order valence-electron chi connectivity index (χ4n) is 0.685. The van der Waals surface area contributed by atoms with Gasteiger partial charge in [0.15, 0.2) is 0 Å². The molecule has 1 aromatic rings. The van der Waals surface area contributed by atoms with E-state index >= 15 is 0 Å². The van der Waals surface area contributed by atoms with Gasteiger partial charge >= 0.3 is 6.01 Å². The van der Waals surface area contributed by atoms with Crippen molar-refractivity contribution >= 4 is 17.2 Å². The highest BCUT2D eigenvalue weighted by atomic mass is 32.1. The first-order chi connectivity index (χ1) is 6.24. The zero-order valence-corrected chi connectivity index (χ0v) is 7.62. The second-order valence-corrected chi connectivity index (χ2v) is 2.60. The standard InChI is InChI=1S/C7H9N3O2S/c8-6(13)5-1-2-9-7(10-5)12-4-3-11/h1-2,11H,3-4H2,(H2,8,13). The lowest BCUT2D eigenvalue weighted by molar-refractivity contribution is 0.191. The quantitative estimate of drug-likeness (QED) is 0.635. The molecule has 0 fully saturated rings. The van der Waals surface area contributed by atoms with Crippen molar-refractivity contribution in [2.45, 2.75) is 0 Å². The van der Waals surface area contributed by atoms with Crippen molar-refractivity contribution in [1.82, 2.24) is 9.97 Å². The number of thiocarbonyl (C=S) groups is 1. The molecule has 0 saturated carbocycles. The molecule has 5 nitrogen and oxygen atoms in total. The third-order valence-corrected chi connectivity index (χ3v) is 1.42. The Morgan fingerprint density at radius 2 is 2.46 bits per heavy atom. The number of aliphatic hydroxyl groups is 1. The van der Waals surface area contributed by atoms with Gasteiger partial charge in [-0.05, 0) is 6.07 Å². The molecule has 0 spiro atoms. The molecular formula is C7H9N3O2S. The molecule has 0 aromatic carbocycles. The van der Waals surface area contributed by atoms with E-state index in [-0.39, 0.29) is 24.2 Å². The molecule has 0 atom stereocenters. The second-order valence-electron chi connectivity index (χ2n) is 2.16. The summed E-state index contributed by atoms with van der Waals surface area (Å²) < 4.78 is 4.96. The number of nitrogens with two attached hydrogens (primary N) is 1. The Kier molecular flexibility index (Phi) is 3.53. The van der Waals surface area contributed by atoms with E-state index in [4.69, 9.17) is 27.8 Å². The molecule has 0 aliphatic heterocycles. The number of ether oxygens (including phenoxy) is 1. The fraction of sp³-hybridized carbons (Fsp3) is 0.286. The minimum Gasteiger partial charge on any atom is -0.461 e. The van der Waals surface area contributed by atoms with Crippen molar-refractivity contribution in [2.24, 2.45) is 5.73 Å². The van der Waals surface area contributed by atoms with E-state index in [1.165, 1.54) is 6.20 Å². The highest BCUT2D eigenvalue weighted by Crippen LogP contribution is 2.02. The van der Waals surface area contributed by atoms with Crippen LogP contribution in [0.4, 0.5) is 0 Å². The van der Waals surface area contributed by atoms with Crippen LogP contribution in [-0.4, -0.2) is 33.3 Å². The number of aliphatic hydroxyl groups excluding tert-OH is 1. The lowest BCUT2D eigenvalue weighted by atomic mass is 10.4. The summed E-state index contributed by atoms with van der Waals surface area (Å²) in [6.45, 7) is 0.0709. The highest BCUT2D eigenvalue weighted by molar-refractivity contribution is 7.80.